The monoisotopic (exact) mass is 299 g/mol. The number of halogens is 1. The van der Waals surface area contributed by atoms with E-state index in [2.05, 4.69) is 16.9 Å². The Morgan fingerprint density at radius 1 is 1.12 bits per heavy atom. The van der Waals surface area contributed by atoms with Gasteiger partial charge in [-0.25, -0.2) is 0 Å². The fourth-order valence-corrected chi connectivity index (χ4v) is 5.44. The van der Waals surface area contributed by atoms with Gasteiger partial charge in [-0.3, -0.25) is 4.99 Å². The summed E-state index contributed by atoms with van der Waals surface area (Å²) in [6.07, 6.45) is 7.30. The largest absolute Gasteiger partial charge is 0.370 e. The molecule has 0 aromatic carbocycles. The second-order valence-corrected chi connectivity index (χ2v) is 6.53. The Balaban J connectivity index is 0.000000902. The molecule has 0 aromatic rings. The van der Waals surface area contributed by atoms with Crippen LogP contribution in [0.3, 0.4) is 0 Å². The van der Waals surface area contributed by atoms with E-state index in [1.54, 1.807) is 0 Å². The van der Waals surface area contributed by atoms with Crippen LogP contribution in [0.25, 0.3) is 0 Å². The second-order valence-electron chi connectivity index (χ2n) is 6.53. The molecule has 4 aliphatic carbocycles. The van der Waals surface area contributed by atoms with E-state index in [9.17, 15) is 0 Å². The highest BCUT2D eigenvalue weighted by molar-refractivity contribution is 8.93. The van der Waals surface area contributed by atoms with Gasteiger partial charge in [0.2, 0.25) is 0 Å². The molecule has 0 atom stereocenters. The van der Waals surface area contributed by atoms with Gasteiger partial charge in [0.05, 0.1) is 12.1 Å². The molecule has 3 nitrogen and oxygen atoms in total. The maximum atomic E-state index is 6.01. The molecule has 4 fully saturated rings. The summed E-state index contributed by atoms with van der Waals surface area (Å²) in [5.41, 5.74) is 6.34. The third-order valence-corrected chi connectivity index (χ3v) is 6.01. The van der Waals surface area contributed by atoms with Crippen molar-refractivity contribution in [1.29, 1.82) is 0 Å². The molecule has 4 bridgehead atoms. The minimum absolute atomic E-state index is 0. The predicted octanol–water partition coefficient (Wildman–Crippen LogP) is 2.02. The number of guanidine groups is 1. The maximum absolute atomic E-state index is 6.01. The van der Waals surface area contributed by atoms with Crippen molar-refractivity contribution in [3.63, 3.8) is 0 Å². The first kappa shape index (κ1) is 11.8. The molecule has 96 valence electrons. The number of likely N-dealkylation sites (N-methyl/N-ethyl adjacent to an activating group) is 1. The molecule has 0 unspecified atom stereocenters. The summed E-state index contributed by atoms with van der Waals surface area (Å²) < 4.78 is 0. The van der Waals surface area contributed by atoms with E-state index in [0.717, 1.165) is 36.2 Å². The summed E-state index contributed by atoms with van der Waals surface area (Å²) in [6, 6.07) is 0. The Morgan fingerprint density at radius 2 is 1.65 bits per heavy atom. The molecule has 0 amide bonds. The molecule has 4 saturated carbocycles. The number of nitrogens with two attached hydrogens (primary N) is 1. The lowest BCUT2D eigenvalue weighted by molar-refractivity contribution is -0.0952. The topological polar surface area (TPSA) is 41.6 Å². The van der Waals surface area contributed by atoms with E-state index in [1.165, 1.54) is 32.1 Å². The average Bonchev–Trinajstić information content (AvgIpc) is 2.54. The van der Waals surface area contributed by atoms with Gasteiger partial charge in [-0.2, -0.15) is 0 Å². The lowest BCUT2D eigenvalue weighted by atomic mass is 9.48. The first-order valence-electron chi connectivity index (χ1n) is 6.74. The first-order valence-corrected chi connectivity index (χ1v) is 6.74. The van der Waals surface area contributed by atoms with Crippen molar-refractivity contribution in [2.45, 2.75) is 37.6 Å². The summed E-state index contributed by atoms with van der Waals surface area (Å²) in [4.78, 5) is 6.87. The van der Waals surface area contributed by atoms with Gasteiger partial charge < -0.3 is 10.6 Å². The van der Waals surface area contributed by atoms with E-state index >= 15 is 0 Å². The highest BCUT2D eigenvalue weighted by Crippen LogP contribution is 2.60. The molecule has 1 spiro atoms. The van der Waals surface area contributed by atoms with E-state index in [0.29, 0.717) is 5.54 Å². The Morgan fingerprint density at radius 3 is 2.06 bits per heavy atom. The van der Waals surface area contributed by atoms with Crippen LogP contribution in [0, 0.1) is 23.7 Å². The van der Waals surface area contributed by atoms with Crippen molar-refractivity contribution in [2.75, 3.05) is 13.6 Å². The Hall–Kier alpha value is -0.250. The van der Waals surface area contributed by atoms with Gasteiger partial charge in [-0.05, 0) is 55.8 Å². The Kier molecular flexibility index (Phi) is 2.52. The molecule has 17 heavy (non-hydrogen) atoms. The quantitative estimate of drug-likeness (QED) is 0.743. The summed E-state index contributed by atoms with van der Waals surface area (Å²) in [6.45, 7) is 0.976. The second kappa shape index (κ2) is 3.62. The van der Waals surface area contributed by atoms with Crippen LogP contribution >= 0.6 is 17.0 Å². The van der Waals surface area contributed by atoms with Crippen LogP contribution in [-0.2, 0) is 0 Å². The Bertz CT molecular complexity index is 338. The van der Waals surface area contributed by atoms with Gasteiger partial charge in [0.25, 0.3) is 0 Å². The molecule has 5 rings (SSSR count). The standard InChI is InChI=1S/C13H21N3.BrH/c1-16-12(14)15-7-13(16)10-3-8-2-9(5-10)6-11(13)4-8;/h8-11H,2-7H2,1H3,(H2,14,15);1H. The third kappa shape index (κ3) is 1.31. The van der Waals surface area contributed by atoms with Crippen molar-refractivity contribution >= 4 is 22.9 Å². The summed E-state index contributed by atoms with van der Waals surface area (Å²) in [5, 5.41) is 0. The van der Waals surface area contributed by atoms with Crippen LogP contribution in [0.2, 0.25) is 0 Å². The van der Waals surface area contributed by atoms with Gasteiger partial charge in [0.15, 0.2) is 5.96 Å². The molecule has 5 aliphatic rings. The zero-order chi connectivity index (χ0) is 10.9. The fourth-order valence-electron chi connectivity index (χ4n) is 5.44. The molecular formula is C13H22BrN3. The van der Waals surface area contributed by atoms with Gasteiger partial charge in [0.1, 0.15) is 0 Å². The molecular weight excluding hydrogens is 278 g/mol. The van der Waals surface area contributed by atoms with Crippen molar-refractivity contribution in [2.24, 2.45) is 34.4 Å². The fraction of sp³-hybridized carbons (Fsp3) is 0.923. The molecule has 1 aliphatic heterocycles. The van der Waals surface area contributed by atoms with Crippen LogP contribution < -0.4 is 5.73 Å². The summed E-state index contributed by atoms with van der Waals surface area (Å²) in [5.74, 6) is 4.59. The van der Waals surface area contributed by atoms with Crippen molar-refractivity contribution < 1.29 is 0 Å². The predicted molar refractivity (Wildman–Crippen MR) is 74.4 cm³/mol. The smallest absolute Gasteiger partial charge is 0.191 e. The third-order valence-electron chi connectivity index (χ3n) is 6.01. The van der Waals surface area contributed by atoms with Crippen LogP contribution in [0.1, 0.15) is 32.1 Å². The normalized spacial score (nSPS) is 50.6. The highest BCUT2D eigenvalue weighted by atomic mass is 79.9. The zero-order valence-electron chi connectivity index (χ0n) is 10.4. The van der Waals surface area contributed by atoms with Gasteiger partial charge in [-0.15, -0.1) is 17.0 Å². The summed E-state index contributed by atoms with van der Waals surface area (Å²) >= 11 is 0. The number of hydrogen-bond acceptors (Lipinski definition) is 3. The van der Waals surface area contributed by atoms with Gasteiger partial charge in [0, 0.05) is 7.05 Å². The lowest BCUT2D eigenvalue weighted by Crippen LogP contribution is -2.66. The van der Waals surface area contributed by atoms with Crippen molar-refractivity contribution in [1.82, 2.24) is 4.90 Å². The Labute approximate surface area is 114 Å². The molecule has 0 radical (unpaired) electrons. The number of hydrogen-bond donors (Lipinski definition) is 1. The van der Waals surface area contributed by atoms with Crippen LogP contribution in [-0.4, -0.2) is 30.0 Å². The number of rotatable bonds is 0. The number of nitrogens with zero attached hydrogens (tertiary/aromatic N) is 2. The molecule has 2 N–H and O–H groups in total. The molecule has 0 saturated heterocycles. The first-order chi connectivity index (χ1) is 7.70. The highest BCUT2D eigenvalue weighted by Gasteiger charge is 2.60. The minimum Gasteiger partial charge on any atom is -0.370 e. The van der Waals surface area contributed by atoms with Gasteiger partial charge >= 0.3 is 0 Å². The molecule has 1 heterocycles. The average molecular weight is 300 g/mol. The van der Waals surface area contributed by atoms with Crippen LogP contribution in [0.4, 0.5) is 0 Å². The zero-order valence-corrected chi connectivity index (χ0v) is 12.1. The number of aliphatic imine (C=N–C) groups is 1. The van der Waals surface area contributed by atoms with E-state index < -0.39 is 0 Å². The SMILES string of the molecule is Br.CN1C(N)=NCC12C1CC3CC(C1)CC2C3. The molecule has 0 aromatic heterocycles. The molecule has 4 heteroatoms. The maximum Gasteiger partial charge on any atom is 0.191 e. The van der Waals surface area contributed by atoms with E-state index in [4.69, 9.17) is 5.73 Å². The van der Waals surface area contributed by atoms with Crippen molar-refractivity contribution in [3.05, 3.63) is 0 Å². The minimum atomic E-state index is 0. The van der Waals surface area contributed by atoms with Crippen molar-refractivity contribution in [3.8, 4) is 0 Å². The van der Waals surface area contributed by atoms with E-state index in [-0.39, 0.29) is 17.0 Å². The van der Waals surface area contributed by atoms with Crippen LogP contribution in [0.5, 0.6) is 0 Å². The van der Waals surface area contributed by atoms with Gasteiger partial charge in [-0.1, -0.05) is 0 Å². The summed E-state index contributed by atoms with van der Waals surface area (Å²) in [7, 11) is 2.17. The van der Waals surface area contributed by atoms with Crippen LogP contribution in [0.15, 0.2) is 4.99 Å². The van der Waals surface area contributed by atoms with E-state index in [1.807, 2.05) is 0 Å². The lowest BCUT2D eigenvalue weighted by Gasteiger charge is -2.62.